The molecule has 0 radical (unpaired) electrons. The standard InChI is InChI=1S/C10H8ClNO/c1-13-10-4-2-8(3-5-10)6-9(11)7-12/h2-6H,1H3/b9-6+. The lowest BCUT2D eigenvalue weighted by Crippen LogP contribution is -1.81. The van der Waals surface area contributed by atoms with Crippen molar-refractivity contribution < 1.29 is 4.74 Å². The average molecular weight is 194 g/mol. The molecule has 1 aromatic carbocycles. The number of nitriles is 1. The molecule has 13 heavy (non-hydrogen) atoms. The smallest absolute Gasteiger partial charge is 0.118 e. The quantitative estimate of drug-likeness (QED) is 0.677. The van der Waals surface area contributed by atoms with Gasteiger partial charge in [-0.3, -0.25) is 0 Å². The van der Waals surface area contributed by atoms with E-state index in [1.807, 2.05) is 30.3 Å². The Balaban J connectivity index is 2.88. The predicted octanol–water partition coefficient (Wildman–Crippen LogP) is 2.80. The first-order chi connectivity index (χ1) is 6.26. The van der Waals surface area contributed by atoms with E-state index in [2.05, 4.69) is 0 Å². The van der Waals surface area contributed by atoms with Crippen molar-refractivity contribution in [3.63, 3.8) is 0 Å². The average Bonchev–Trinajstić information content (AvgIpc) is 2.19. The van der Waals surface area contributed by atoms with Gasteiger partial charge in [-0.1, -0.05) is 23.7 Å². The zero-order valence-corrected chi connectivity index (χ0v) is 7.88. The molecular weight excluding hydrogens is 186 g/mol. The van der Waals surface area contributed by atoms with Crippen molar-refractivity contribution in [1.82, 2.24) is 0 Å². The van der Waals surface area contributed by atoms with Crippen LogP contribution in [0, 0.1) is 11.3 Å². The van der Waals surface area contributed by atoms with Gasteiger partial charge in [-0.15, -0.1) is 0 Å². The fraction of sp³-hybridized carbons (Fsp3) is 0.100. The van der Waals surface area contributed by atoms with Gasteiger partial charge in [0.25, 0.3) is 0 Å². The predicted molar refractivity (Wildman–Crippen MR) is 52.4 cm³/mol. The highest BCUT2D eigenvalue weighted by molar-refractivity contribution is 6.33. The number of hydrogen-bond acceptors (Lipinski definition) is 2. The monoisotopic (exact) mass is 193 g/mol. The number of ether oxygens (including phenoxy) is 1. The second kappa shape index (κ2) is 4.54. The summed E-state index contributed by atoms with van der Waals surface area (Å²) >= 11 is 5.54. The zero-order valence-electron chi connectivity index (χ0n) is 7.12. The van der Waals surface area contributed by atoms with Crippen LogP contribution >= 0.6 is 11.6 Å². The van der Waals surface area contributed by atoms with E-state index in [0.29, 0.717) is 0 Å². The fourth-order valence-electron chi connectivity index (χ4n) is 0.879. The molecule has 1 aromatic rings. The van der Waals surface area contributed by atoms with Gasteiger partial charge in [0.1, 0.15) is 16.9 Å². The van der Waals surface area contributed by atoms with Gasteiger partial charge < -0.3 is 4.74 Å². The summed E-state index contributed by atoms with van der Waals surface area (Å²) in [5, 5.41) is 8.59. The van der Waals surface area contributed by atoms with Gasteiger partial charge in [0, 0.05) is 0 Å². The highest BCUT2D eigenvalue weighted by atomic mass is 35.5. The third-order valence-electron chi connectivity index (χ3n) is 1.52. The van der Waals surface area contributed by atoms with E-state index in [1.54, 1.807) is 13.2 Å². The normalized spacial score (nSPS) is 10.7. The van der Waals surface area contributed by atoms with E-state index >= 15 is 0 Å². The summed E-state index contributed by atoms with van der Waals surface area (Å²) in [5.41, 5.74) is 0.882. The van der Waals surface area contributed by atoms with Gasteiger partial charge >= 0.3 is 0 Å². The molecule has 3 heteroatoms. The molecule has 0 spiro atoms. The summed E-state index contributed by atoms with van der Waals surface area (Å²) in [6.45, 7) is 0. The van der Waals surface area contributed by atoms with Crippen molar-refractivity contribution in [3.8, 4) is 11.8 Å². The summed E-state index contributed by atoms with van der Waals surface area (Å²) < 4.78 is 4.98. The van der Waals surface area contributed by atoms with Crippen molar-refractivity contribution in [3.05, 3.63) is 34.9 Å². The number of methoxy groups -OCH3 is 1. The molecule has 0 saturated heterocycles. The van der Waals surface area contributed by atoms with Gasteiger partial charge in [0.05, 0.1) is 7.11 Å². The second-order valence-corrected chi connectivity index (χ2v) is 2.78. The highest BCUT2D eigenvalue weighted by Crippen LogP contribution is 2.14. The molecule has 66 valence electrons. The van der Waals surface area contributed by atoms with Crippen LogP contribution in [-0.4, -0.2) is 7.11 Å². The lowest BCUT2D eigenvalue weighted by molar-refractivity contribution is 0.415. The van der Waals surface area contributed by atoms with Gasteiger partial charge in [-0.05, 0) is 23.8 Å². The Morgan fingerprint density at radius 1 is 1.46 bits per heavy atom. The van der Waals surface area contributed by atoms with Gasteiger partial charge in [-0.25, -0.2) is 0 Å². The van der Waals surface area contributed by atoms with E-state index in [9.17, 15) is 0 Å². The molecule has 0 aliphatic carbocycles. The Morgan fingerprint density at radius 3 is 2.54 bits per heavy atom. The first-order valence-electron chi connectivity index (χ1n) is 3.67. The van der Waals surface area contributed by atoms with Crippen LogP contribution in [0.1, 0.15) is 5.56 Å². The van der Waals surface area contributed by atoms with Crippen LogP contribution < -0.4 is 4.74 Å². The molecule has 0 aromatic heterocycles. The first-order valence-corrected chi connectivity index (χ1v) is 4.05. The number of allylic oxidation sites excluding steroid dienone is 1. The Morgan fingerprint density at radius 2 is 2.08 bits per heavy atom. The van der Waals surface area contributed by atoms with Crippen molar-refractivity contribution >= 4 is 17.7 Å². The largest absolute Gasteiger partial charge is 0.497 e. The molecule has 0 fully saturated rings. The number of halogens is 1. The maximum atomic E-state index is 8.42. The molecule has 0 unspecified atom stereocenters. The van der Waals surface area contributed by atoms with E-state index < -0.39 is 0 Å². The summed E-state index contributed by atoms with van der Waals surface area (Å²) in [5.74, 6) is 0.783. The summed E-state index contributed by atoms with van der Waals surface area (Å²) in [6, 6.07) is 9.13. The topological polar surface area (TPSA) is 33.0 Å². The van der Waals surface area contributed by atoms with E-state index in [1.165, 1.54) is 0 Å². The van der Waals surface area contributed by atoms with E-state index in [0.717, 1.165) is 11.3 Å². The number of hydrogen-bond donors (Lipinski definition) is 0. The molecule has 0 amide bonds. The summed E-state index contributed by atoms with van der Waals surface area (Å²) in [4.78, 5) is 0. The minimum Gasteiger partial charge on any atom is -0.497 e. The van der Waals surface area contributed by atoms with Crippen LogP contribution in [0.2, 0.25) is 0 Å². The van der Waals surface area contributed by atoms with Crippen LogP contribution in [0.4, 0.5) is 0 Å². The number of nitrogens with zero attached hydrogens (tertiary/aromatic N) is 1. The molecule has 0 bridgehead atoms. The molecule has 0 aliphatic rings. The lowest BCUT2D eigenvalue weighted by atomic mass is 10.2. The van der Waals surface area contributed by atoms with Crippen LogP contribution in [0.3, 0.4) is 0 Å². The Bertz CT molecular complexity index is 348. The number of benzene rings is 1. The number of rotatable bonds is 2. The zero-order chi connectivity index (χ0) is 9.68. The SMILES string of the molecule is COc1ccc(/C=C(/Cl)C#N)cc1. The van der Waals surface area contributed by atoms with Crippen LogP contribution in [0.5, 0.6) is 5.75 Å². The minimum atomic E-state index is 0.171. The molecule has 0 heterocycles. The molecule has 0 saturated carbocycles. The summed E-state index contributed by atoms with van der Waals surface area (Å²) in [6.07, 6.45) is 1.60. The Labute approximate surface area is 82.0 Å². The summed E-state index contributed by atoms with van der Waals surface area (Å²) in [7, 11) is 1.60. The third kappa shape index (κ3) is 2.81. The Hall–Kier alpha value is -1.46. The van der Waals surface area contributed by atoms with Gasteiger partial charge in [-0.2, -0.15) is 5.26 Å². The van der Waals surface area contributed by atoms with Gasteiger partial charge in [0.15, 0.2) is 0 Å². The van der Waals surface area contributed by atoms with Gasteiger partial charge in [0.2, 0.25) is 0 Å². The van der Waals surface area contributed by atoms with Crippen LogP contribution in [0.25, 0.3) is 6.08 Å². The molecule has 0 atom stereocenters. The van der Waals surface area contributed by atoms with Crippen LogP contribution in [0.15, 0.2) is 29.3 Å². The lowest BCUT2D eigenvalue weighted by Gasteiger charge is -1.98. The highest BCUT2D eigenvalue weighted by Gasteiger charge is 1.92. The fourth-order valence-corrected chi connectivity index (χ4v) is 1.00. The minimum absolute atomic E-state index is 0.171. The molecular formula is C10H8ClNO. The Kier molecular flexibility index (Phi) is 3.36. The second-order valence-electron chi connectivity index (χ2n) is 2.38. The first kappa shape index (κ1) is 9.63. The van der Waals surface area contributed by atoms with E-state index in [-0.39, 0.29) is 5.03 Å². The third-order valence-corrected chi connectivity index (χ3v) is 1.71. The van der Waals surface area contributed by atoms with Crippen LogP contribution in [-0.2, 0) is 0 Å². The molecule has 1 rings (SSSR count). The maximum Gasteiger partial charge on any atom is 0.118 e. The maximum absolute atomic E-state index is 8.42. The van der Waals surface area contributed by atoms with E-state index in [4.69, 9.17) is 21.6 Å². The molecule has 0 N–H and O–H groups in total. The molecule has 2 nitrogen and oxygen atoms in total. The van der Waals surface area contributed by atoms with Crippen molar-refractivity contribution in [1.29, 1.82) is 5.26 Å². The van der Waals surface area contributed by atoms with Crippen molar-refractivity contribution in [2.24, 2.45) is 0 Å². The van der Waals surface area contributed by atoms with Crippen molar-refractivity contribution in [2.45, 2.75) is 0 Å². The van der Waals surface area contributed by atoms with Crippen molar-refractivity contribution in [2.75, 3.05) is 7.11 Å². The molecule has 0 aliphatic heterocycles.